The lowest BCUT2D eigenvalue weighted by molar-refractivity contribution is -0.120. The number of nitrogens with one attached hydrogen (secondary N) is 1. The maximum absolute atomic E-state index is 13.0. The molecule has 5 heteroatoms. The first-order valence-corrected chi connectivity index (χ1v) is 9.78. The largest absolute Gasteiger partial charge is 0.337 e. The number of aromatic nitrogens is 2. The molecule has 28 heavy (non-hydrogen) atoms. The molecule has 0 saturated carbocycles. The van der Waals surface area contributed by atoms with Gasteiger partial charge in [0.25, 0.3) is 0 Å². The van der Waals surface area contributed by atoms with Crippen LogP contribution in [0.5, 0.6) is 0 Å². The molecule has 2 aromatic carbocycles. The number of anilines is 1. The SMILES string of the molecule is Cc1cccc(-c2cccc(NC(=O)[C@H]3CCCN3Cc3nccn3C)c2)c1. The van der Waals surface area contributed by atoms with Crippen molar-refractivity contribution in [3.8, 4) is 11.1 Å². The third kappa shape index (κ3) is 3.99. The Morgan fingerprint density at radius 3 is 2.71 bits per heavy atom. The fraction of sp³-hybridized carbons (Fsp3) is 0.304. The Bertz CT molecular complexity index is 978. The molecule has 144 valence electrons. The molecule has 0 radical (unpaired) electrons. The molecule has 2 heterocycles. The van der Waals surface area contributed by atoms with Crippen LogP contribution in [-0.4, -0.2) is 32.9 Å². The Kier molecular flexibility index (Phi) is 5.26. The van der Waals surface area contributed by atoms with E-state index >= 15 is 0 Å². The minimum atomic E-state index is -0.112. The molecule has 0 aliphatic carbocycles. The second-order valence-electron chi connectivity index (χ2n) is 7.52. The summed E-state index contributed by atoms with van der Waals surface area (Å²) in [4.78, 5) is 19.6. The van der Waals surface area contributed by atoms with Crippen molar-refractivity contribution >= 4 is 11.6 Å². The first kappa shape index (κ1) is 18.4. The number of likely N-dealkylation sites (tertiary alicyclic amines) is 1. The first-order valence-electron chi connectivity index (χ1n) is 9.78. The average molecular weight is 374 g/mol. The lowest BCUT2D eigenvalue weighted by atomic mass is 10.0. The molecule has 5 nitrogen and oxygen atoms in total. The van der Waals surface area contributed by atoms with Gasteiger partial charge in [0.05, 0.1) is 12.6 Å². The van der Waals surface area contributed by atoms with Crippen LogP contribution in [0.2, 0.25) is 0 Å². The van der Waals surface area contributed by atoms with Gasteiger partial charge in [0, 0.05) is 25.1 Å². The topological polar surface area (TPSA) is 50.2 Å². The van der Waals surface area contributed by atoms with E-state index in [4.69, 9.17) is 0 Å². The molecule has 0 bridgehead atoms. The minimum Gasteiger partial charge on any atom is -0.337 e. The van der Waals surface area contributed by atoms with E-state index in [1.165, 1.54) is 5.56 Å². The van der Waals surface area contributed by atoms with Crippen molar-refractivity contribution in [1.29, 1.82) is 0 Å². The van der Waals surface area contributed by atoms with Crippen LogP contribution in [0.15, 0.2) is 60.9 Å². The summed E-state index contributed by atoms with van der Waals surface area (Å²) in [7, 11) is 1.99. The van der Waals surface area contributed by atoms with Gasteiger partial charge in [-0.3, -0.25) is 9.69 Å². The summed E-state index contributed by atoms with van der Waals surface area (Å²) in [6.07, 6.45) is 5.66. The molecule has 4 rings (SSSR count). The monoisotopic (exact) mass is 374 g/mol. The Morgan fingerprint density at radius 2 is 1.96 bits per heavy atom. The summed E-state index contributed by atoms with van der Waals surface area (Å²) in [6, 6.07) is 16.4. The van der Waals surface area contributed by atoms with Crippen molar-refractivity contribution in [1.82, 2.24) is 14.5 Å². The Labute approximate surface area is 166 Å². The normalized spacial score (nSPS) is 17.0. The Balaban J connectivity index is 1.47. The first-order chi connectivity index (χ1) is 13.6. The van der Waals surface area contributed by atoms with Crippen LogP contribution in [0.4, 0.5) is 5.69 Å². The zero-order valence-corrected chi connectivity index (χ0v) is 16.4. The Hall–Kier alpha value is -2.92. The lowest BCUT2D eigenvalue weighted by Crippen LogP contribution is -2.39. The zero-order valence-electron chi connectivity index (χ0n) is 16.4. The van der Waals surface area contributed by atoms with Gasteiger partial charge in [0.2, 0.25) is 5.91 Å². The Morgan fingerprint density at radius 1 is 1.18 bits per heavy atom. The summed E-state index contributed by atoms with van der Waals surface area (Å²) < 4.78 is 2.01. The maximum Gasteiger partial charge on any atom is 0.241 e. The fourth-order valence-corrected chi connectivity index (χ4v) is 3.87. The zero-order chi connectivity index (χ0) is 19.5. The van der Waals surface area contributed by atoms with Crippen molar-refractivity contribution in [2.45, 2.75) is 32.4 Å². The van der Waals surface area contributed by atoms with Crippen LogP contribution in [0.1, 0.15) is 24.2 Å². The summed E-state index contributed by atoms with van der Waals surface area (Å²) in [5, 5.41) is 3.13. The van der Waals surface area contributed by atoms with Gasteiger partial charge in [0.15, 0.2) is 0 Å². The lowest BCUT2D eigenvalue weighted by Gasteiger charge is -2.23. The van der Waals surface area contributed by atoms with E-state index in [9.17, 15) is 4.79 Å². The summed E-state index contributed by atoms with van der Waals surface area (Å²) in [6.45, 7) is 3.71. The molecule has 1 N–H and O–H groups in total. The molecule has 0 spiro atoms. The van der Waals surface area contributed by atoms with Gasteiger partial charge < -0.3 is 9.88 Å². The van der Waals surface area contributed by atoms with Gasteiger partial charge >= 0.3 is 0 Å². The van der Waals surface area contributed by atoms with Crippen molar-refractivity contribution in [3.05, 3.63) is 72.3 Å². The maximum atomic E-state index is 13.0. The highest BCUT2D eigenvalue weighted by Gasteiger charge is 2.31. The van der Waals surface area contributed by atoms with E-state index in [0.717, 1.165) is 42.0 Å². The fourth-order valence-electron chi connectivity index (χ4n) is 3.87. The highest BCUT2D eigenvalue weighted by atomic mass is 16.2. The predicted octanol–water partition coefficient (Wildman–Crippen LogP) is 4.00. The van der Waals surface area contributed by atoms with Crippen molar-refractivity contribution in [2.75, 3.05) is 11.9 Å². The number of benzene rings is 2. The van der Waals surface area contributed by atoms with Gasteiger partial charge in [-0.1, -0.05) is 42.0 Å². The van der Waals surface area contributed by atoms with E-state index in [-0.39, 0.29) is 11.9 Å². The number of rotatable bonds is 5. The second-order valence-corrected chi connectivity index (χ2v) is 7.52. The van der Waals surface area contributed by atoms with E-state index in [0.29, 0.717) is 6.54 Å². The number of nitrogens with zero attached hydrogens (tertiary/aromatic N) is 3. The number of imidazole rings is 1. The van der Waals surface area contributed by atoms with E-state index in [2.05, 4.69) is 52.5 Å². The molecule has 1 atom stereocenters. The van der Waals surface area contributed by atoms with Crippen LogP contribution < -0.4 is 5.32 Å². The summed E-state index contributed by atoms with van der Waals surface area (Å²) in [5.74, 6) is 1.05. The standard InChI is InChI=1S/C23H26N4O/c1-17-6-3-7-18(14-17)19-8-4-9-20(15-19)25-23(28)21-10-5-12-27(21)16-22-24-11-13-26(22)2/h3-4,6-9,11,13-15,21H,5,10,12,16H2,1-2H3,(H,25,28)/t21-/m1/s1. The summed E-state index contributed by atoms with van der Waals surface area (Å²) in [5.41, 5.74) is 4.34. The predicted molar refractivity (Wildman–Crippen MR) is 112 cm³/mol. The van der Waals surface area contributed by atoms with Crippen LogP contribution in [-0.2, 0) is 18.4 Å². The van der Waals surface area contributed by atoms with Gasteiger partial charge in [-0.25, -0.2) is 4.98 Å². The average Bonchev–Trinajstić information content (AvgIpc) is 3.32. The molecule has 1 aromatic heterocycles. The molecule has 3 aromatic rings. The van der Waals surface area contributed by atoms with Crippen LogP contribution >= 0.6 is 0 Å². The van der Waals surface area contributed by atoms with Gasteiger partial charge in [-0.15, -0.1) is 0 Å². The molecule has 1 aliphatic rings. The highest BCUT2D eigenvalue weighted by molar-refractivity contribution is 5.95. The van der Waals surface area contributed by atoms with E-state index < -0.39 is 0 Å². The third-order valence-corrected chi connectivity index (χ3v) is 5.41. The van der Waals surface area contributed by atoms with E-state index in [1.807, 2.05) is 36.0 Å². The van der Waals surface area contributed by atoms with Gasteiger partial charge in [-0.05, 0) is 49.6 Å². The quantitative estimate of drug-likeness (QED) is 0.734. The number of aryl methyl sites for hydroxylation is 2. The van der Waals surface area contributed by atoms with Gasteiger partial charge in [-0.2, -0.15) is 0 Å². The summed E-state index contributed by atoms with van der Waals surface area (Å²) >= 11 is 0. The van der Waals surface area contributed by atoms with E-state index in [1.54, 1.807) is 6.20 Å². The van der Waals surface area contributed by atoms with Gasteiger partial charge in [0.1, 0.15) is 5.82 Å². The number of hydrogen-bond donors (Lipinski definition) is 1. The molecule has 1 fully saturated rings. The highest BCUT2D eigenvalue weighted by Crippen LogP contribution is 2.25. The van der Waals surface area contributed by atoms with Crippen LogP contribution in [0.25, 0.3) is 11.1 Å². The molecular formula is C23H26N4O. The molecule has 0 unspecified atom stereocenters. The van der Waals surface area contributed by atoms with Crippen molar-refractivity contribution in [3.63, 3.8) is 0 Å². The number of hydrogen-bond acceptors (Lipinski definition) is 3. The molecule has 1 aliphatic heterocycles. The molecular weight excluding hydrogens is 348 g/mol. The second kappa shape index (κ2) is 7.98. The molecule has 1 amide bonds. The van der Waals surface area contributed by atoms with Crippen LogP contribution in [0, 0.1) is 6.92 Å². The minimum absolute atomic E-state index is 0.0631. The smallest absolute Gasteiger partial charge is 0.241 e. The van der Waals surface area contributed by atoms with Crippen LogP contribution in [0.3, 0.4) is 0 Å². The number of carbonyl (C=O) groups is 1. The molecule has 1 saturated heterocycles. The van der Waals surface area contributed by atoms with Crippen molar-refractivity contribution < 1.29 is 4.79 Å². The number of carbonyl (C=O) groups excluding carboxylic acids is 1. The third-order valence-electron chi connectivity index (χ3n) is 5.41. The van der Waals surface area contributed by atoms with Crippen molar-refractivity contribution in [2.24, 2.45) is 7.05 Å². The number of amides is 1.